The third-order valence-corrected chi connectivity index (χ3v) is 8.21. The zero-order valence-electron chi connectivity index (χ0n) is 25.0. The van der Waals surface area contributed by atoms with Gasteiger partial charge in [0.1, 0.15) is 0 Å². The maximum atomic E-state index is 13.6. The molecule has 3 aromatic rings. The van der Waals surface area contributed by atoms with Crippen molar-refractivity contribution in [3.63, 3.8) is 0 Å². The van der Waals surface area contributed by atoms with Crippen molar-refractivity contribution in [2.24, 2.45) is 5.73 Å². The number of likely N-dealkylation sites (N-methyl/N-ethyl adjacent to an activating group) is 1. The number of benzene rings is 3. The van der Waals surface area contributed by atoms with E-state index in [-0.39, 0.29) is 23.7 Å². The molecule has 5 rings (SSSR count). The number of piperazine rings is 1. The van der Waals surface area contributed by atoms with Gasteiger partial charge in [-0.05, 0) is 59.7 Å². The number of carbonyl (C=O) groups is 2. The van der Waals surface area contributed by atoms with Gasteiger partial charge in [0, 0.05) is 68.5 Å². The molecule has 4 N–H and O–H groups in total. The molecule has 0 saturated carbocycles. The van der Waals surface area contributed by atoms with Gasteiger partial charge in [0.2, 0.25) is 0 Å². The number of alkyl halides is 2. The fourth-order valence-electron chi connectivity index (χ4n) is 5.20. The highest BCUT2D eigenvalue weighted by atomic mass is 31.0. The number of anilines is 1. The summed E-state index contributed by atoms with van der Waals surface area (Å²) < 4.78 is 27.1. The molecule has 1 fully saturated rings. The number of hydrogen-bond acceptors (Lipinski definition) is 5. The van der Waals surface area contributed by atoms with E-state index in [4.69, 9.17) is 5.73 Å². The summed E-state index contributed by atoms with van der Waals surface area (Å²) in [6.45, 7) is 4.14. The van der Waals surface area contributed by atoms with Crippen LogP contribution in [0.25, 0.3) is 11.3 Å². The van der Waals surface area contributed by atoms with Gasteiger partial charge in [0.05, 0.1) is 5.70 Å². The van der Waals surface area contributed by atoms with E-state index >= 15 is 0 Å². The van der Waals surface area contributed by atoms with Gasteiger partial charge < -0.3 is 31.1 Å². The average Bonchev–Trinajstić information content (AvgIpc) is 3.05. The molecule has 0 spiro atoms. The van der Waals surface area contributed by atoms with Crippen molar-refractivity contribution >= 4 is 38.1 Å². The molecule has 0 aliphatic carbocycles. The van der Waals surface area contributed by atoms with Crippen molar-refractivity contribution in [2.45, 2.75) is 12.2 Å². The molecule has 0 aromatic heterocycles. The highest BCUT2D eigenvalue weighted by Gasteiger charge is 2.24. The Hall–Kier alpha value is -4.53. The lowest BCUT2D eigenvalue weighted by Crippen LogP contribution is -2.47. The SMILES string of the molecule is CN1CCN(C(=O)c2ccc(C3=CCN(/C(=C\N)c4ccc(CNC(=O)Nc5cccc(C(F)(F)P)c5)cc4)C=C3)cc2)CC1. The van der Waals surface area contributed by atoms with Crippen molar-refractivity contribution < 1.29 is 18.4 Å². The van der Waals surface area contributed by atoms with E-state index in [2.05, 4.69) is 28.7 Å². The van der Waals surface area contributed by atoms with Crippen LogP contribution in [0.1, 0.15) is 32.6 Å². The number of nitrogens with zero attached hydrogens (tertiary/aromatic N) is 3. The second-order valence-electron chi connectivity index (χ2n) is 11.1. The third-order valence-electron chi connectivity index (χ3n) is 7.87. The Morgan fingerprint density at radius 2 is 1.67 bits per heavy atom. The van der Waals surface area contributed by atoms with Crippen LogP contribution < -0.4 is 16.4 Å². The zero-order valence-corrected chi connectivity index (χ0v) is 26.2. The van der Waals surface area contributed by atoms with Crippen LogP contribution in [0.4, 0.5) is 19.3 Å². The molecular formula is C34H37F2N6O2P. The van der Waals surface area contributed by atoms with E-state index in [1.807, 2.05) is 70.6 Å². The van der Waals surface area contributed by atoms with Crippen LogP contribution in [-0.4, -0.2) is 66.4 Å². The molecule has 2 aliphatic heterocycles. The first-order valence-electron chi connectivity index (χ1n) is 14.7. The lowest BCUT2D eigenvalue weighted by atomic mass is 10.0. The van der Waals surface area contributed by atoms with Gasteiger partial charge in [-0.1, -0.05) is 63.8 Å². The Kier molecular flexibility index (Phi) is 9.96. The molecule has 2 aliphatic rings. The van der Waals surface area contributed by atoms with E-state index in [1.54, 1.807) is 12.3 Å². The molecule has 8 nitrogen and oxygen atoms in total. The average molecular weight is 631 g/mol. The highest BCUT2D eigenvalue weighted by Crippen LogP contribution is 2.35. The number of nitrogens with two attached hydrogens (primary N) is 1. The number of nitrogens with one attached hydrogen (secondary N) is 2. The quantitative estimate of drug-likeness (QED) is 0.287. The molecule has 3 aromatic carbocycles. The first-order chi connectivity index (χ1) is 21.6. The summed E-state index contributed by atoms with van der Waals surface area (Å²) in [7, 11) is 3.56. The Morgan fingerprint density at radius 1 is 0.978 bits per heavy atom. The van der Waals surface area contributed by atoms with Gasteiger partial charge in [-0.3, -0.25) is 4.79 Å². The predicted octanol–water partition coefficient (Wildman–Crippen LogP) is 5.49. The number of urea groups is 1. The maximum Gasteiger partial charge on any atom is 0.319 e. The topological polar surface area (TPSA) is 93.9 Å². The van der Waals surface area contributed by atoms with Crippen molar-refractivity contribution in [3.05, 3.63) is 125 Å². The molecule has 0 radical (unpaired) electrons. The van der Waals surface area contributed by atoms with Gasteiger partial charge in [-0.15, -0.1) is 0 Å². The van der Waals surface area contributed by atoms with Crippen molar-refractivity contribution in [3.8, 4) is 0 Å². The van der Waals surface area contributed by atoms with Gasteiger partial charge in [0.25, 0.3) is 11.6 Å². The smallest absolute Gasteiger partial charge is 0.319 e. The monoisotopic (exact) mass is 630 g/mol. The van der Waals surface area contributed by atoms with Crippen LogP contribution >= 0.6 is 9.24 Å². The van der Waals surface area contributed by atoms with Crippen LogP contribution in [0.2, 0.25) is 0 Å². The second-order valence-corrected chi connectivity index (χ2v) is 11.8. The van der Waals surface area contributed by atoms with Crippen LogP contribution in [0.15, 0.2) is 97.3 Å². The Morgan fingerprint density at radius 3 is 2.29 bits per heavy atom. The van der Waals surface area contributed by atoms with Crippen molar-refractivity contribution in [1.29, 1.82) is 0 Å². The summed E-state index contributed by atoms with van der Waals surface area (Å²) in [5.41, 5.74) is 8.44. The molecule has 1 atom stereocenters. The molecule has 11 heteroatoms. The van der Waals surface area contributed by atoms with Crippen molar-refractivity contribution in [1.82, 2.24) is 20.0 Å². The fourth-order valence-corrected chi connectivity index (χ4v) is 5.38. The molecule has 2 heterocycles. The summed E-state index contributed by atoms with van der Waals surface area (Å²) in [6, 6.07) is 20.5. The lowest BCUT2D eigenvalue weighted by Gasteiger charge is -2.32. The molecule has 3 amide bonds. The second kappa shape index (κ2) is 14.1. The zero-order chi connectivity index (χ0) is 32.0. The van der Waals surface area contributed by atoms with Crippen molar-refractivity contribution in [2.75, 3.05) is 45.1 Å². The van der Waals surface area contributed by atoms with Gasteiger partial charge in [-0.2, -0.15) is 8.78 Å². The standard InChI is InChI=1S/C34H37F2N6O2P/c1-40-17-19-42(20-18-40)32(43)28-11-9-25(10-12-28)26-13-15-41(16-14-26)31(22-37)27-7-5-24(6-8-27)23-38-33(44)39-30-4-2-3-29(21-30)34(35,36)45/h2-15,21-22H,16-20,23,37,45H2,1H3,(H2,38,39,44)/b31-22-. The minimum absolute atomic E-state index is 0.0727. The third kappa shape index (κ3) is 8.15. The summed E-state index contributed by atoms with van der Waals surface area (Å²) >= 11 is 0. The minimum atomic E-state index is -3.07. The predicted molar refractivity (Wildman–Crippen MR) is 178 cm³/mol. The maximum absolute atomic E-state index is 13.6. The van der Waals surface area contributed by atoms with E-state index in [1.165, 1.54) is 27.4 Å². The Balaban J connectivity index is 1.13. The molecule has 45 heavy (non-hydrogen) atoms. The van der Waals surface area contributed by atoms with E-state index < -0.39 is 11.7 Å². The summed E-state index contributed by atoms with van der Waals surface area (Å²) in [6.07, 6.45) is 7.69. The van der Waals surface area contributed by atoms with Crippen LogP contribution in [-0.2, 0) is 12.2 Å². The Labute approximate surface area is 264 Å². The van der Waals surface area contributed by atoms with Gasteiger partial charge in [0.15, 0.2) is 0 Å². The summed E-state index contributed by atoms with van der Waals surface area (Å²) in [4.78, 5) is 31.4. The first-order valence-corrected chi connectivity index (χ1v) is 15.2. The molecular weight excluding hydrogens is 593 g/mol. The molecule has 0 bridgehead atoms. The van der Waals surface area contributed by atoms with Crippen LogP contribution in [0.3, 0.4) is 0 Å². The fraction of sp³-hybridized carbons (Fsp3) is 0.235. The van der Waals surface area contributed by atoms with Crippen LogP contribution in [0.5, 0.6) is 0 Å². The summed E-state index contributed by atoms with van der Waals surface area (Å²) in [5.74, 6) is 0.0727. The summed E-state index contributed by atoms with van der Waals surface area (Å²) in [5, 5.41) is 5.33. The largest absolute Gasteiger partial charge is 0.403 e. The number of halogens is 2. The number of hydrogen-bond donors (Lipinski definition) is 3. The van der Waals surface area contributed by atoms with E-state index in [9.17, 15) is 18.4 Å². The number of rotatable bonds is 8. The number of carbonyl (C=O) groups excluding carboxylic acids is 2. The highest BCUT2D eigenvalue weighted by molar-refractivity contribution is 7.17. The molecule has 1 saturated heterocycles. The normalized spacial score (nSPS) is 15.9. The lowest BCUT2D eigenvalue weighted by molar-refractivity contribution is 0.0664. The van der Waals surface area contributed by atoms with E-state index in [0.29, 0.717) is 12.1 Å². The minimum Gasteiger partial charge on any atom is -0.403 e. The van der Waals surface area contributed by atoms with Gasteiger partial charge in [-0.25, -0.2) is 4.79 Å². The molecule has 1 unspecified atom stereocenters. The van der Waals surface area contributed by atoms with Crippen LogP contribution in [0, 0.1) is 0 Å². The Bertz CT molecular complexity index is 1610. The first kappa shape index (κ1) is 31.9. The molecule has 234 valence electrons. The van der Waals surface area contributed by atoms with E-state index in [0.717, 1.165) is 54.1 Å². The number of amides is 3. The van der Waals surface area contributed by atoms with Gasteiger partial charge >= 0.3 is 6.03 Å². The number of allylic oxidation sites excluding steroid dienone is 2.